The summed E-state index contributed by atoms with van der Waals surface area (Å²) in [5.74, 6) is -0.412. The molecule has 5 aromatic carbocycles. The maximum atomic E-state index is 12.3. The molecule has 2 heterocycles. The van der Waals surface area contributed by atoms with Crippen LogP contribution in [0.3, 0.4) is 0 Å². The molecule has 8 heteroatoms. The van der Waals surface area contributed by atoms with Gasteiger partial charge in [-0.15, -0.1) is 0 Å². The van der Waals surface area contributed by atoms with E-state index in [-0.39, 0.29) is 23.2 Å². The SMILES string of the molecule is O=C1OC(c2ccc(N=Cc3ccc(C=Nc4ccc(C5=NC(=Cc6ccccc6)C(=O)O5)cc4)cc3)cc2)=NC1=Cc1ccccc1. The van der Waals surface area contributed by atoms with Crippen molar-refractivity contribution < 1.29 is 19.1 Å². The Morgan fingerprint density at radius 2 is 0.812 bits per heavy atom. The summed E-state index contributed by atoms with van der Waals surface area (Å²) in [5, 5.41) is 0. The van der Waals surface area contributed by atoms with Crippen molar-refractivity contribution in [3.8, 4) is 0 Å². The third kappa shape index (κ3) is 7.19. The van der Waals surface area contributed by atoms with Gasteiger partial charge in [-0.2, -0.15) is 0 Å². The molecule has 48 heavy (non-hydrogen) atoms. The Labute approximate surface area is 276 Å². The maximum absolute atomic E-state index is 12.3. The number of esters is 2. The number of cyclic esters (lactones) is 2. The van der Waals surface area contributed by atoms with Crippen LogP contribution in [0.5, 0.6) is 0 Å². The lowest BCUT2D eigenvalue weighted by Gasteiger charge is -2.01. The monoisotopic (exact) mass is 626 g/mol. The van der Waals surface area contributed by atoms with Gasteiger partial charge < -0.3 is 9.47 Å². The van der Waals surface area contributed by atoms with Crippen molar-refractivity contribution in [1.29, 1.82) is 0 Å². The number of rotatable bonds is 8. The standard InChI is InChI=1S/C40H26N4O4/c45-39-35(23-27-7-3-1-4-8-27)43-37(47-39)31-15-19-33(20-16-31)41-25-29-11-13-30(14-12-29)26-42-34-21-17-32(18-22-34)38-44-36(40(46)48-38)24-28-9-5-2-6-10-28/h1-26H. The van der Waals surface area contributed by atoms with Crippen molar-refractivity contribution in [1.82, 2.24) is 0 Å². The molecule has 0 atom stereocenters. The van der Waals surface area contributed by atoms with Crippen LogP contribution in [0.15, 0.2) is 165 Å². The van der Waals surface area contributed by atoms with Crippen molar-refractivity contribution in [3.63, 3.8) is 0 Å². The predicted molar refractivity (Wildman–Crippen MR) is 188 cm³/mol. The summed E-state index contributed by atoms with van der Waals surface area (Å²) >= 11 is 0. The van der Waals surface area contributed by atoms with Gasteiger partial charge in [-0.3, -0.25) is 9.98 Å². The number of aliphatic imine (C=N–C) groups is 4. The minimum Gasteiger partial charge on any atom is -0.402 e. The van der Waals surface area contributed by atoms with Crippen LogP contribution in [0.25, 0.3) is 12.2 Å². The van der Waals surface area contributed by atoms with Crippen LogP contribution in [0.1, 0.15) is 33.4 Å². The molecule has 0 aromatic heterocycles. The molecule has 230 valence electrons. The van der Waals surface area contributed by atoms with Gasteiger partial charge >= 0.3 is 11.9 Å². The molecule has 0 amide bonds. The number of benzene rings is 5. The van der Waals surface area contributed by atoms with Gasteiger partial charge in [0.15, 0.2) is 11.4 Å². The zero-order valence-corrected chi connectivity index (χ0v) is 25.4. The van der Waals surface area contributed by atoms with Crippen LogP contribution in [0.2, 0.25) is 0 Å². The summed E-state index contributed by atoms with van der Waals surface area (Å²) in [7, 11) is 0. The number of carbonyl (C=O) groups is 2. The fourth-order valence-electron chi connectivity index (χ4n) is 4.83. The smallest absolute Gasteiger partial charge is 0.363 e. The third-order valence-corrected chi connectivity index (χ3v) is 7.34. The van der Waals surface area contributed by atoms with Crippen LogP contribution < -0.4 is 0 Å². The van der Waals surface area contributed by atoms with Crippen molar-refractivity contribution in [2.45, 2.75) is 0 Å². The van der Waals surface area contributed by atoms with Gasteiger partial charge in [0, 0.05) is 23.6 Å². The van der Waals surface area contributed by atoms with E-state index in [0.717, 1.165) is 33.6 Å². The minimum absolute atomic E-state index is 0.263. The predicted octanol–water partition coefficient (Wildman–Crippen LogP) is 7.88. The van der Waals surface area contributed by atoms with Crippen LogP contribution in [-0.4, -0.2) is 36.2 Å². The highest BCUT2D eigenvalue weighted by atomic mass is 16.6. The van der Waals surface area contributed by atoms with Crippen LogP contribution in [0, 0.1) is 0 Å². The zero-order chi connectivity index (χ0) is 32.7. The molecule has 0 N–H and O–H groups in total. The highest BCUT2D eigenvalue weighted by molar-refractivity contribution is 6.13. The Hall–Kier alpha value is -6.80. The number of carbonyl (C=O) groups excluding carboxylic acids is 2. The second kappa shape index (κ2) is 13.7. The largest absolute Gasteiger partial charge is 0.402 e. The first-order valence-electron chi connectivity index (χ1n) is 15.1. The molecule has 0 saturated heterocycles. The first kappa shape index (κ1) is 29.9. The molecular formula is C40H26N4O4. The van der Waals surface area contributed by atoms with Gasteiger partial charge in [0.1, 0.15) is 0 Å². The van der Waals surface area contributed by atoms with Gasteiger partial charge in [-0.1, -0.05) is 84.9 Å². The Morgan fingerprint density at radius 1 is 0.438 bits per heavy atom. The van der Waals surface area contributed by atoms with E-state index in [2.05, 4.69) is 20.0 Å². The minimum atomic E-state index is -0.475. The lowest BCUT2D eigenvalue weighted by atomic mass is 10.1. The molecule has 0 unspecified atom stereocenters. The third-order valence-electron chi connectivity index (χ3n) is 7.34. The fourth-order valence-corrected chi connectivity index (χ4v) is 4.83. The number of hydrogen-bond donors (Lipinski definition) is 0. The van der Waals surface area contributed by atoms with Crippen molar-refractivity contribution in [2.24, 2.45) is 20.0 Å². The molecule has 0 radical (unpaired) electrons. The normalized spacial score (nSPS) is 16.1. The molecule has 0 bridgehead atoms. The van der Waals surface area contributed by atoms with Gasteiger partial charge in [0.2, 0.25) is 11.8 Å². The average Bonchev–Trinajstić information content (AvgIpc) is 3.69. The first-order chi connectivity index (χ1) is 23.6. The highest BCUT2D eigenvalue weighted by Gasteiger charge is 2.25. The molecule has 7 rings (SSSR count). The van der Waals surface area contributed by atoms with Gasteiger partial charge in [0.05, 0.1) is 11.4 Å². The van der Waals surface area contributed by atoms with E-state index in [1.807, 2.05) is 133 Å². The molecule has 2 aliphatic rings. The highest BCUT2D eigenvalue weighted by Crippen LogP contribution is 2.23. The zero-order valence-electron chi connectivity index (χ0n) is 25.4. The van der Waals surface area contributed by atoms with E-state index in [9.17, 15) is 9.59 Å². The Bertz CT molecular complexity index is 2000. The first-order valence-corrected chi connectivity index (χ1v) is 15.1. The van der Waals surface area contributed by atoms with E-state index >= 15 is 0 Å². The average molecular weight is 627 g/mol. The maximum Gasteiger partial charge on any atom is 0.363 e. The number of hydrogen-bond acceptors (Lipinski definition) is 8. The van der Waals surface area contributed by atoms with Gasteiger partial charge in [-0.25, -0.2) is 19.6 Å². The number of ether oxygens (including phenoxy) is 2. The van der Waals surface area contributed by atoms with Crippen molar-refractivity contribution in [2.75, 3.05) is 0 Å². The summed E-state index contributed by atoms with van der Waals surface area (Å²) in [6.07, 6.45) is 6.97. The molecule has 5 aromatic rings. The Balaban J connectivity index is 0.949. The Kier molecular flexibility index (Phi) is 8.52. The summed E-state index contributed by atoms with van der Waals surface area (Å²) < 4.78 is 10.8. The van der Waals surface area contributed by atoms with E-state index in [1.54, 1.807) is 24.6 Å². The second-order valence-corrected chi connectivity index (χ2v) is 10.8. The quantitative estimate of drug-likeness (QED) is 0.0993. The summed E-state index contributed by atoms with van der Waals surface area (Å²) in [6, 6.07) is 41.5. The molecule has 2 aliphatic heterocycles. The lowest BCUT2D eigenvalue weighted by Crippen LogP contribution is -2.05. The van der Waals surface area contributed by atoms with E-state index < -0.39 is 11.9 Å². The van der Waals surface area contributed by atoms with E-state index in [0.29, 0.717) is 11.1 Å². The van der Waals surface area contributed by atoms with Crippen molar-refractivity contribution >= 4 is 59.7 Å². The summed E-state index contributed by atoms with van der Waals surface area (Å²) in [6.45, 7) is 0. The molecule has 0 fully saturated rings. The molecule has 0 aliphatic carbocycles. The van der Waals surface area contributed by atoms with Crippen molar-refractivity contribution in [3.05, 3.63) is 178 Å². The van der Waals surface area contributed by atoms with E-state index in [1.165, 1.54) is 0 Å². The lowest BCUT2D eigenvalue weighted by molar-refractivity contribution is -0.130. The molecule has 0 spiro atoms. The summed E-state index contributed by atoms with van der Waals surface area (Å²) in [4.78, 5) is 42.4. The van der Waals surface area contributed by atoms with Crippen LogP contribution >= 0.6 is 0 Å². The Morgan fingerprint density at radius 3 is 1.19 bits per heavy atom. The summed E-state index contributed by atoms with van der Waals surface area (Å²) in [5.41, 5.74) is 7.02. The number of nitrogens with zero attached hydrogens (tertiary/aromatic N) is 4. The molecule has 8 nitrogen and oxygen atoms in total. The van der Waals surface area contributed by atoms with Gasteiger partial charge in [-0.05, 0) is 82.9 Å². The van der Waals surface area contributed by atoms with Crippen LogP contribution in [0.4, 0.5) is 11.4 Å². The van der Waals surface area contributed by atoms with Crippen LogP contribution in [-0.2, 0) is 19.1 Å². The van der Waals surface area contributed by atoms with E-state index in [4.69, 9.17) is 9.47 Å². The molecule has 0 saturated carbocycles. The molecular weight excluding hydrogens is 600 g/mol. The fraction of sp³-hybridized carbons (Fsp3) is 0. The second-order valence-electron chi connectivity index (χ2n) is 10.8. The van der Waals surface area contributed by atoms with Gasteiger partial charge in [0.25, 0.3) is 0 Å². The topological polar surface area (TPSA) is 102 Å².